The topological polar surface area (TPSA) is 77.3 Å². The number of amides is 1. The highest BCUT2D eigenvalue weighted by Crippen LogP contribution is 1.99. The second kappa shape index (κ2) is 4.84. The summed E-state index contributed by atoms with van der Waals surface area (Å²) >= 11 is 0. The van der Waals surface area contributed by atoms with Crippen LogP contribution in [0.5, 0.6) is 0 Å². The summed E-state index contributed by atoms with van der Waals surface area (Å²) in [7, 11) is 0. The highest BCUT2D eigenvalue weighted by molar-refractivity contribution is 5.76. The number of carbonyl (C=O) groups excluding carboxylic acids is 2. The third-order valence-corrected chi connectivity index (χ3v) is 2.34. The molecule has 0 aliphatic carbocycles. The molecule has 0 N–H and O–H groups in total. The van der Waals surface area contributed by atoms with Crippen LogP contribution in [0.3, 0.4) is 0 Å². The van der Waals surface area contributed by atoms with E-state index < -0.39 is 0 Å². The van der Waals surface area contributed by atoms with Crippen LogP contribution in [0.2, 0.25) is 0 Å². The average Bonchev–Trinajstić information content (AvgIpc) is 2.78. The van der Waals surface area contributed by atoms with Crippen molar-refractivity contribution in [3.63, 3.8) is 0 Å². The Morgan fingerprint density at radius 1 is 1.50 bits per heavy atom. The second-order valence-electron chi connectivity index (χ2n) is 3.45. The molecule has 1 aliphatic rings. The molecule has 0 radical (unpaired) electrons. The highest BCUT2D eigenvalue weighted by Gasteiger charge is 2.17. The summed E-state index contributed by atoms with van der Waals surface area (Å²) in [4.78, 5) is 23.9. The van der Waals surface area contributed by atoms with Gasteiger partial charge in [-0.1, -0.05) is 5.21 Å². The number of morpholine rings is 1. The number of hydrogen-bond donors (Lipinski definition) is 0. The van der Waals surface area contributed by atoms with E-state index in [-0.39, 0.29) is 18.1 Å². The first-order valence-electron chi connectivity index (χ1n) is 5.00. The van der Waals surface area contributed by atoms with Gasteiger partial charge in [-0.15, -0.1) is 5.10 Å². The van der Waals surface area contributed by atoms with Crippen molar-refractivity contribution in [1.29, 1.82) is 0 Å². The number of aldehydes is 1. The zero-order valence-corrected chi connectivity index (χ0v) is 8.70. The fraction of sp³-hybridized carbons (Fsp3) is 0.556. The van der Waals surface area contributed by atoms with E-state index in [1.807, 2.05) is 0 Å². The Kier molecular flexibility index (Phi) is 3.25. The molecule has 2 heterocycles. The molecule has 7 heteroatoms. The molecule has 7 nitrogen and oxygen atoms in total. The van der Waals surface area contributed by atoms with Gasteiger partial charge in [-0.25, -0.2) is 4.68 Å². The molecule has 0 bridgehead atoms. The Labute approximate surface area is 92.0 Å². The monoisotopic (exact) mass is 224 g/mol. The van der Waals surface area contributed by atoms with Gasteiger partial charge in [0.05, 0.1) is 19.4 Å². The van der Waals surface area contributed by atoms with Crippen LogP contribution in [0.1, 0.15) is 10.5 Å². The fourth-order valence-electron chi connectivity index (χ4n) is 1.50. The maximum Gasteiger partial charge on any atom is 0.244 e. The van der Waals surface area contributed by atoms with E-state index in [9.17, 15) is 9.59 Å². The molecule has 0 atom stereocenters. The first kappa shape index (κ1) is 10.7. The van der Waals surface area contributed by atoms with Crippen molar-refractivity contribution >= 4 is 12.2 Å². The van der Waals surface area contributed by atoms with Gasteiger partial charge in [0.25, 0.3) is 0 Å². The van der Waals surface area contributed by atoms with Crippen LogP contribution in [0.15, 0.2) is 6.20 Å². The zero-order chi connectivity index (χ0) is 11.4. The number of carbonyl (C=O) groups is 2. The van der Waals surface area contributed by atoms with E-state index in [2.05, 4.69) is 10.3 Å². The van der Waals surface area contributed by atoms with Crippen molar-refractivity contribution in [1.82, 2.24) is 19.9 Å². The van der Waals surface area contributed by atoms with Gasteiger partial charge in [-0.3, -0.25) is 9.59 Å². The summed E-state index contributed by atoms with van der Waals surface area (Å²) in [5.41, 5.74) is 0.231. The third kappa shape index (κ3) is 2.43. The SMILES string of the molecule is O=Cc1cn(CC(=O)N2CCOCC2)nn1. The summed E-state index contributed by atoms with van der Waals surface area (Å²) < 4.78 is 6.51. The standard InChI is InChI=1S/C9H12N4O3/c14-7-8-5-13(11-10-8)6-9(15)12-1-3-16-4-2-12/h5,7H,1-4,6H2. The van der Waals surface area contributed by atoms with Crippen molar-refractivity contribution in [2.45, 2.75) is 6.54 Å². The minimum atomic E-state index is -0.0364. The van der Waals surface area contributed by atoms with Crippen molar-refractivity contribution < 1.29 is 14.3 Å². The Bertz CT molecular complexity index is 384. The van der Waals surface area contributed by atoms with E-state index in [1.54, 1.807) is 4.90 Å². The predicted molar refractivity (Wildman–Crippen MR) is 52.8 cm³/mol. The van der Waals surface area contributed by atoms with E-state index in [0.29, 0.717) is 32.6 Å². The summed E-state index contributed by atoms with van der Waals surface area (Å²) in [6.45, 7) is 2.47. The van der Waals surface area contributed by atoms with Gasteiger partial charge in [0.2, 0.25) is 5.91 Å². The molecule has 1 fully saturated rings. The molecule has 0 saturated carbocycles. The van der Waals surface area contributed by atoms with Crippen LogP contribution >= 0.6 is 0 Å². The van der Waals surface area contributed by atoms with E-state index in [1.165, 1.54) is 10.9 Å². The van der Waals surface area contributed by atoms with Gasteiger partial charge < -0.3 is 9.64 Å². The summed E-state index contributed by atoms with van der Waals surface area (Å²) in [5.74, 6) is -0.0364. The van der Waals surface area contributed by atoms with Crippen molar-refractivity contribution in [3.8, 4) is 0 Å². The Hall–Kier alpha value is -1.76. The minimum absolute atomic E-state index is 0.0364. The molecule has 1 aromatic rings. The molecular formula is C9H12N4O3. The lowest BCUT2D eigenvalue weighted by Gasteiger charge is -2.26. The van der Waals surface area contributed by atoms with Crippen LogP contribution in [-0.4, -0.2) is 58.4 Å². The maximum atomic E-state index is 11.8. The molecular weight excluding hydrogens is 212 g/mol. The lowest BCUT2D eigenvalue weighted by atomic mass is 10.4. The predicted octanol–water partition coefficient (Wildman–Crippen LogP) is -1.05. The lowest BCUT2D eigenvalue weighted by molar-refractivity contribution is -0.136. The van der Waals surface area contributed by atoms with Gasteiger partial charge in [0.1, 0.15) is 12.2 Å². The molecule has 1 amide bonds. The van der Waals surface area contributed by atoms with Crippen molar-refractivity contribution in [2.24, 2.45) is 0 Å². The number of ether oxygens (including phenoxy) is 1. The number of hydrogen-bond acceptors (Lipinski definition) is 5. The third-order valence-electron chi connectivity index (χ3n) is 2.34. The minimum Gasteiger partial charge on any atom is -0.378 e. The smallest absolute Gasteiger partial charge is 0.244 e. The molecule has 2 rings (SSSR count). The molecule has 16 heavy (non-hydrogen) atoms. The first-order chi connectivity index (χ1) is 7.79. The summed E-state index contributed by atoms with van der Waals surface area (Å²) in [6.07, 6.45) is 2.05. The number of nitrogens with zero attached hydrogens (tertiary/aromatic N) is 4. The second-order valence-corrected chi connectivity index (χ2v) is 3.45. The van der Waals surface area contributed by atoms with E-state index >= 15 is 0 Å². The quantitative estimate of drug-likeness (QED) is 0.612. The highest BCUT2D eigenvalue weighted by atomic mass is 16.5. The first-order valence-corrected chi connectivity index (χ1v) is 5.00. The molecule has 0 aromatic carbocycles. The summed E-state index contributed by atoms with van der Waals surface area (Å²) in [5, 5.41) is 7.26. The van der Waals surface area contributed by atoms with Gasteiger partial charge in [-0.05, 0) is 0 Å². The van der Waals surface area contributed by atoms with Gasteiger partial charge >= 0.3 is 0 Å². The average molecular weight is 224 g/mol. The Morgan fingerprint density at radius 3 is 2.88 bits per heavy atom. The molecule has 86 valence electrons. The van der Waals surface area contributed by atoms with Crippen molar-refractivity contribution in [3.05, 3.63) is 11.9 Å². The fourth-order valence-corrected chi connectivity index (χ4v) is 1.50. The van der Waals surface area contributed by atoms with Gasteiger partial charge in [0.15, 0.2) is 6.29 Å². The Balaban J connectivity index is 1.92. The lowest BCUT2D eigenvalue weighted by Crippen LogP contribution is -2.42. The largest absolute Gasteiger partial charge is 0.378 e. The van der Waals surface area contributed by atoms with Gasteiger partial charge in [-0.2, -0.15) is 0 Å². The maximum absolute atomic E-state index is 11.8. The molecule has 1 saturated heterocycles. The molecule has 1 aromatic heterocycles. The van der Waals surface area contributed by atoms with Crippen LogP contribution in [0.4, 0.5) is 0 Å². The van der Waals surface area contributed by atoms with Crippen LogP contribution in [0.25, 0.3) is 0 Å². The zero-order valence-electron chi connectivity index (χ0n) is 8.70. The van der Waals surface area contributed by atoms with Crippen LogP contribution in [0, 0.1) is 0 Å². The van der Waals surface area contributed by atoms with Crippen molar-refractivity contribution in [2.75, 3.05) is 26.3 Å². The number of rotatable bonds is 3. The number of aromatic nitrogens is 3. The Morgan fingerprint density at radius 2 is 2.25 bits per heavy atom. The van der Waals surface area contributed by atoms with E-state index in [4.69, 9.17) is 4.74 Å². The molecule has 0 unspecified atom stereocenters. The normalized spacial score (nSPS) is 16.1. The van der Waals surface area contributed by atoms with E-state index in [0.717, 1.165) is 0 Å². The molecule has 1 aliphatic heterocycles. The van der Waals surface area contributed by atoms with Gasteiger partial charge in [0, 0.05) is 13.1 Å². The van der Waals surface area contributed by atoms with Crippen LogP contribution in [-0.2, 0) is 16.1 Å². The van der Waals surface area contributed by atoms with Crippen LogP contribution < -0.4 is 0 Å². The molecule has 0 spiro atoms. The summed E-state index contributed by atoms with van der Waals surface area (Å²) in [6, 6.07) is 0.